The molecule has 4 heteroatoms. The zero-order valence-electron chi connectivity index (χ0n) is 13.0. The number of ether oxygens (including phenoxy) is 2. The number of hydrogen-bond acceptors (Lipinski definition) is 3. The number of carbonyl (C=O) groups is 1. The predicted octanol–water partition coefficient (Wildman–Crippen LogP) is 3.98. The van der Waals surface area contributed by atoms with Gasteiger partial charge < -0.3 is 14.6 Å². The van der Waals surface area contributed by atoms with Gasteiger partial charge in [0.25, 0.3) is 0 Å². The number of unbranched alkanes of at least 4 members (excludes halogenated alkanes) is 7. The molecule has 0 bridgehead atoms. The third-order valence-electron chi connectivity index (χ3n) is 3.99. The van der Waals surface area contributed by atoms with Crippen molar-refractivity contribution in [1.29, 1.82) is 0 Å². The van der Waals surface area contributed by atoms with E-state index in [1.54, 1.807) is 6.92 Å². The van der Waals surface area contributed by atoms with E-state index < -0.39 is 11.4 Å². The summed E-state index contributed by atoms with van der Waals surface area (Å²) in [6, 6.07) is 0. The quantitative estimate of drug-likeness (QED) is 0.617. The first kappa shape index (κ1) is 17.4. The Kier molecular flexibility index (Phi) is 8.15. The molecule has 0 aromatic heterocycles. The fraction of sp³-hybridized carbons (Fsp3) is 0.938. The Balaban J connectivity index is 1.98. The van der Waals surface area contributed by atoms with Crippen molar-refractivity contribution in [2.75, 3.05) is 13.2 Å². The first-order chi connectivity index (χ1) is 9.58. The summed E-state index contributed by atoms with van der Waals surface area (Å²) in [6.07, 6.45) is 10.9. The third kappa shape index (κ3) is 6.23. The molecule has 4 nitrogen and oxygen atoms in total. The highest BCUT2D eigenvalue weighted by Crippen LogP contribution is 2.26. The second kappa shape index (κ2) is 9.35. The van der Waals surface area contributed by atoms with Crippen molar-refractivity contribution in [2.24, 2.45) is 5.41 Å². The Morgan fingerprint density at radius 2 is 1.55 bits per heavy atom. The largest absolute Gasteiger partial charge is 0.481 e. The molecule has 0 unspecified atom stereocenters. The SMILES string of the molecule is CCCCCCCCCCC1OCC(C)(C(=O)O)CO1. The summed E-state index contributed by atoms with van der Waals surface area (Å²) in [5, 5.41) is 9.06. The number of rotatable bonds is 10. The molecule has 1 fully saturated rings. The van der Waals surface area contributed by atoms with E-state index in [1.807, 2.05) is 0 Å². The number of hydrogen-bond donors (Lipinski definition) is 1. The standard InChI is InChI=1S/C16H30O4/c1-3-4-5-6-7-8-9-10-11-14-19-12-16(2,13-20-14)15(17)18/h14H,3-13H2,1-2H3,(H,17,18). The summed E-state index contributed by atoms with van der Waals surface area (Å²) in [4.78, 5) is 11.0. The summed E-state index contributed by atoms with van der Waals surface area (Å²) in [5.74, 6) is -0.844. The molecule has 0 atom stereocenters. The van der Waals surface area contributed by atoms with Gasteiger partial charge in [-0.05, 0) is 19.8 Å². The van der Waals surface area contributed by atoms with Crippen molar-refractivity contribution in [3.8, 4) is 0 Å². The number of carboxylic acids is 1. The summed E-state index contributed by atoms with van der Waals surface area (Å²) in [6.45, 7) is 4.41. The van der Waals surface area contributed by atoms with Gasteiger partial charge in [0.2, 0.25) is 0 Å². The minimum atomic E-state index is -0.879. The van der Waals surface area contributed by atoms with Gasteiger partial charge in [-0.25, -0.2) is 0 Å². The van der Waals surface area contributed by atoms with Crippen molar-refractivity contribution < 1.29 is 19.4 Å². The van der Waals surface area contributed by atoms with Gasteiger partial charge in [0, 0.05) is 0 Å². The molecule has 0 amide bonds. The Morgan fingerprint density at radius 3 is 2.05 bits per heavy atom. The highest BCUT2D eigenvalue weighted by atomic mass is 16.7. The van der Waals surface area contributed by atoms with Crippen LogP contribution in [-0.4, -0.2) is 30.6 Å². The predicted molar refractivity (Wildman–Crippen MR) is 78.7 cm³/mol. The van der Waals surface area contributed by atoms with Crippen molar-refractivity contribution in [3.63, 3.8) is 0 Å². The van der Waals surface area contributed by atoms with E-state index in [-0.39, 0.29) is 19.5 Å². The monoisotopic (exact) mass is 286 g/mol. The molecule has 1 aliphatic heterocycles. The smallest absolute Gasteiger partial charge is 0.314 e. The topological polar surface area (TPSA) is 55.8 Å². The van der Waals surface area contributed by atoms with Crippen LogP contribution in [0.4, 0.5) is 0 Å². The van der Waals surface area contributed by atoms with Gasteiger partial charge in [-0.3, -0.25) is 4.79 Å². The summed E-state index contributed by atoms with van der Waals surface area (Å²) < 4.78 is 11.0. The Bertz CT molecular complexity index is 270. The Morgan fingerprint density at radius 1 is 1.05 bits per heavy atom. The van der Waals surface area contributed by atoms with Gasteiger partial charge in [-0.1, -0.05) is 51.9 Å². The van der Waals surface area contributed by atoms with Crippen LogP contribution in [0, 0.1) is 5.41 Å². The van der Waals surface area contributed by atoms with Crippen LogP contribution in [0.5, 0.6) is 0 Å². The van der Waals surface area contributed by atoms with E-state index in [1.165, 1.54) is 44.9 Å². The zero-order valence-corrected chi connectivity index (χ0v) is 13.0. The van der Waals surface area contributed by atoms with E-state index in [9.17, 15) is 4.79 Å². The minimum Gasteiger partial charge on any atom is -0.481 e. The minimum absolute atomic E-state index is 0.206. The van der Waals surface area contributed by atoms with Crippen LogP contribution in [0.1, 0.15) is 71.6 Å². The molecule has 118 valence electrons. The lowest BCUT2D eigenvalue weighted by Gasteiger charge is -2.34. The second-order valence-electron chi connectivity index (χ2n) is 6.18. The zero-order chi connectivity index (χ0) is 14.8. The molecule has 0 spiro atoms. The molecular weight excluding hydrogens is 256 g/mol. The highest BCUT2D eigenvalue weighted by Gasteiger charge is 2.39. The lowest BCUT2D eigenvalue weighted by molar-refractivity contribution is -0.232. The van der Waals surface area contributed by atoms with Crippen molar-refractivity contribution in [3.05, 3.63) is 0 Å². The van der Waals surface area contributed by atoms with Gasteiger partial charge in [0.05, 0.1) is 13.2 Å². The lowest BCUT2D eigenvalue weighted by Crippen LogP contribution is -2.45. The molecule has 1 rings (SSSR count). The normalized spacial score (nSPS) is 26.6. The average molecular weight is 286 g/mol. The van der Waals surface area contributed by atoms with E-state index in [0.29, 0.717) is 0 Å². The molecular formula is C16H30O4. The maximum absolute atomic E-state index is 11.0. The molecule has 1 N–H and O–H groups in total. The van der Waals surface area contributed by atoms with Gasteiger partial charge in [0.15, 0.2) is 6.29 Å². The van der Waals surface area contributed by atoms with Crippen LogP contribution in [0.2, 0.25) is 0 Å². The van der Waals surface area contributed by atoms with Crippen LogP contribution >= 0.6 is 0 Å². The van der Waals surface area contributed by atoms with Crippen LogP contribution < -0.4 is 0 Å². The molecule has 0 aliphatic carbocycles. The first-order valence-corrected chi connectivity index (χ1v) is 8.05. The van der Waals surface area contributed by atoms with Crippen molar-refractivity contribution in [2.45, 2.75) is 77.9 Å². The third-order valence-corrected chi connectivity index (χ3v) is 3.99. The van der Waals surface area contributed by atoms with Crippen molar-refractivity contribution >= 4 is 5.97 Å². The Hall–Kier alpha value is -0.610. The molecule has 0 aromatic carbocycles. The van der Waals surface area contributed by atoms with Crippen LogP contribution in [0.3, 0.4) is 0 Å². The number of aliphatic carboxylic acids is 1. The average Bonchev–Trinajstić information content (AvgIpc) is 2.44. The summed E-state index contributed by atoms with van der Waals surface area (Å²) >= 11 is 0. The lowest BCUT2D eigenvalue weighted by atomic mass is 9.92. The molecule has 0 radical (unpaired) electrons. The van der Waals surface area contributed by atoms with E-state index >= 15 is 0 Å². The molecule has 0 saturated carbocycles. The van der Waals surface area contributed by atoms with Gasteiger partial charge in [-0.2, -0.15) is 0 Å². The van der Waals surface area contributed by atoms with Gasteiger partial charge in [-0.15, -0.1) is 0 Å². The van der Waals surface area contributed by atoms with E-state index in [4.69, 9.17) is 14.6 Å². The first-order valence-electron chi connectivity index (χ1n) is 8.05. The molecule has 1 saturated heterocycles. The van der Waals surface area contributed by atoms with E-state index in [0.717, 1.165) is 12.8 Å². The summed E-state index contributed by atoms with van der Waals surface area (Å²) in [7, 11) is 0. The molecule has 1 heterocycles. The van der Waals surface area contributed by atoms with Crippen LogP contribution in [-0.2, 0) is 14.3 Å². The second-order valence-corrected chi connectivity index (χ2v) is 6.18. The van der Waals surface area contributed by atoms with Crippen LogP contribution in [0.25, 0.3) is 0 Å². The van der Waals surface area contributed by atoms with Crippen LogP contribution in [0.15, 0.2) is 0 Å². The highest BCUT2D eigenvalue weighted by molar-refractivity contribution is 5.74. The van der Waals surface area contributed by atoms with Gasteiger partial charge >= 0.3 is 5.97 Å². The molecule has 1 aliphatic rings. The number of carboxylic acid groups (broad SMARTS) is 1. The summed E-state index contributed by atoms with van der Waals surface area (Å²) in [5.41, 5.74) is -0.879. The maximum Gasteiger partial charge on any atom is 0.314 e. The van der Waals surface area contributed by atoms with E-state index in [2.05, 4.69) is 6.92 Å². The fourth-order valence-electron chi connectivity index (χ4n) is 2.38. The fourth-order valence-corrected chi connectivity index (χ4v) is 2.38. The van der Waals surface area contributed by atoms with Gasteiger partial charge in [0.1, 0.15) is 5.41 Å². The Labute approximate surface area is 122 Å². The molecule has 20 heavy (non-hydrogen) atoms. The molecule has 0 aromatic rings. The maximum atomic E-state index is 11.0. The van der Waals surface area contributed by atoms with Crippen molar-refractivity contribution in [1.82, 2.24) is 0 Å².